The van der Waals surface area contributed by atoms with Crippen molar-refractivity contribution in [3.8, 4) is 0 Å². The standard InChI is InChI=1S/C11H13BO4/c1-3-15-11(13)9-5-4-8-6-16-12(14)10(8)7(9)2/h4-5,14H,3,6H2,1-2H3. The number of benzene rings is 1. The van der Waals surface area contributed by atoms with Crippen LogP contribution in [0.5, 0.6) is 0 Å². The van der Waals surface area contributed by atoms with E-state index in [-0.39, 0.29) is 5.97 Å². The number of carbonyl (C=O) groups is 1. The van der Waals surface area contributed by atoms with Crippen LogP contribution in [-0.4, -0.2) is 24.7 Å². The second kappa shape index (κ2) is 4.27. The summed E-state index contributed by atoms with van der Waals surface area (Å²) in [5.41, 5.74) is 2.86. The van der Waals surface area contributed by atoms with Crippen LogP contribution in [0.1, 0.15) is 28.4 Å². The van der Waals surface area contributed by atoms with Gasteiger partial charge < -0.3 is 14.4 Å². The van der Waals surface area contributed by atoms with Gasteiger partial charge in [0.1, 0.15) is 0 Å². The van der Waals surface area contributed by atoms with Gasteiger partial charge in [0.15, 0.2) is 0 Å². The van der Waals surface area contributed by atoms with Crippen LogP contribution in [0.2, 0.25) is 0 Å². The van der Waals surface area contributed by atoms with Gasteiger partial charge in [-0.3, -0.25) is 0 Å². The van der Waals surface area contributed by atoms with Crippen molar-refractivity contribution in [2.75, 3.05) is 6.61 Å². The van der Waals surface area contributed by atoms with Crippen molar-refractivity contribution in [1.29, 1.82) is 0 Å². The zero-order valence-electron chi connectivity index (χ0n) is 9.32. The zero-order valence-corrected chi connectivity index (χ0v) is 9.32. The topological polar surface area (TPSA) is 55.8 Å². The van der Waals surface area contributed by atoms with Crippen LogP contribution in [0, 0.1) is 6.92 Å². The molecule has 1 aliphatic rings. The minimum Gasteiger partial charge on any atom is -0.462 e. The number of hydrogen-bond acceptors (Lipinski definition) is 4. The highest BCUT2D eigenvalue weighted by Gasteiger charge is 2.31. The molecule has 0 bridgehead atoms. The van der Waals surface area contributed by atoms with Crippen molar-refractivity contribution in [3.63, 3.8) is 0 Å². The predicted octanol–water partition coefficient (Wildman–Crippen LogP) is 0.389. The Balaban J connectivity index is 2.43. The smallest absolute Gasteiger partial charge is 0.462 e. The number of fused-ring (bicyclic) bond motifs is 1. The van der Waals surface area contributed by atoms with Crippen molar-refractivity contribution >= 4 is 18.6 Å². The first-order valence-corrected chi connectivity index (χ1v) is 5.24. The van der Waals surface area contributed by atoms with Gasteiger partial charge in [-0.25, -0.2) is 4.79 Å². The van der Waals surface area contributed by atoms with Crippen molar-refractivity contribution in [2.24, 2.45) is 0 Å². The number of ether oxygens (including phenoxy) is 1. The SMILES string of the molecule is CCOC(=O)c1ccc2c(c1C)B(O)OC2. The van der Waals surface area contributed by atoms with E-state index in [1.165, 1.54) is 0 Å². The molecule has 0 unspecified atom stereocenters. The lowest BCUT2D eigenvalue weighted by atomic mass is 9.75. The number of hydrogen-bond donors (Lipinski definition) is 1. The maximum atomic E-state index is 11.6. The molecule has 0 aliphatic carbocycles. The maximum absolute atomic E-state index is 11.6. The van der Waals surface area contributed by atoms with Gasteiger partial charge in [0, 0.05) is 0 Å². The molecule has 0 amide bonds. The summed E-state index contributed by atoms with van der Waals surface area (Å²) >= 11 is 0. The monoisotopic (exact) mass is 220 g/mol. The lowest BCUT2D eigenvalue weighted by Crippen LogP contribution is -2.32. The van der Waals surface area contributed by atoms with E-state index in [1.54, 1.807) is 26.0 Å². The van der Waals surface area contributed by atoms with Crippen molar-refractivity contribution in [2.45, 2.75) is 20.5 Å². The second-order valence-electron chi connectivity index (χ2n) is 3.69. The third-order valence-corrected chi connectivity index (χ3v) is 2.74. The van der Waals surface area contributed by atoms with E-state index in [0.717, 1.165) is 11.1 Å². The third kappa shape index (κ3) is 1.72. The molecule has 84 valence electrons. The summed E-state index contributed by atoms with van der Waals surface area (Å²) in [5.74, 6) is -0.359. The molecule has 0 saturated carbocycles. The Bertz CT molecular complexity index is 430. The van der Waals surface area contributed by atoms with E-state index < -0.39 is 7.12 Å². The number of esters is 1. The largest absolute Gasteiger partial charge is 0.492 e. The molecule has 5 heteroatoms. The Kier molecular flexibility index (Phi) is 2.98. The van der Waals surface area contributed by atoms with Crippen LogP contribution in [0.4, 0.5) is 0 Å². The fraction of sp³-hybridized carbons (Fsp3) is 0.364. The van der Waals surface area contributed by atoms with Crippen LogP contribution in [0.25, 0.3) is 0 Å². The Hall–Kier alpha value is -1.33. The van der Waals surface area contributed by atoms with E-state index in [9.17, 15) is 9.82 Å². The van der Waals surface area contributed by atoms with Gasteiger partial charge in [-0.05, 0) is 36.5 Å². The molecule has 1 aromatic carbocycles. The lowest BCUT2D eigenvalue weighted by molar-refractivity contribution is 0.0525. The molecule has 0 aromatic heterocycles. The van der Waals surface area contributed by atoms with E-state index in [1.807, 2.05) is 0 Å². The van der Waals surface area contributed by atoms with E-state index in [4.69, 9.17) is 9.39 Å². The van der Waals surface area contributed by atoms with Gasteiger partial charge >= 0.3 is 13.1 Å². The van der Waals surface area contributed by atoms with E-state index in [2.05, 4.69) is 0 Å². The average Bonchev–Trinajstić information content (AvgIpc) is 2.62. The molecule has 0 fully saturated rings. The third-order valence-electron chi connectivity index (χ3n) is 2.74. The molecular formula is C11H13BO4. The maximum Gasteiger partial charge on any atom is 0.492 e. The summed E-state index contributed by atoms with van der Waals surface area (Å²) in [5, 5.41) is 9.62. The molecule has 2 rings (SSSR count). The fourth-order valence-corrected chi connectivity index (χ4v) is 1.94. The van der Waals surface area contributed by atoms with Crippen LogP contribution in [0.15, 0.2) is 12.1 Å². The summed E-state index contributed by atoms with van der Waals surface area (Å²) in [6.45, 7) is 4.29. The highest BCUT2D eigenvalue weighted by atomic mass is 16.5. The van der Waals surface area contributed by atoms with Crippen LogP contribution >= 0.6 is 0 Å². The summed E-state index contributed by atoms with van der Waals surface area (Å²) in [6, 6.07) is 3.51. The molecule has 0 atom stereocenters. The second-order valence-corrected chi connectivity index (χ2v) is 3.69. The Morgan fingerprint density at radius 1 is 1.62 bits per heavy atom. The zero-order chi connectivity index (χ0) is 11.7. The predicted molar refractivity (Wildman–Crippen MR) is 59.5 cm³/mol. The van der Waals surface area contributed by atoms with Gasteiger partial charge in [-0.15, -0.1) is 0 Å². The van der Waals surface area contributed by atoms with Crippen molar-refractivity contribution < 1.29 is 19.2 Å². The van der Waals surface area contributed by atoms with Crippen LogP contribution in [-0.2, 0) is 16.0 Å². The Labute approximate surface area is 94.3 Å². The summed E-state index contributed by atoms with van der Waals surface area (Å²) in [6.07, 6.45) is 0. The van der Waals surface area contributed by atoms with E-state index >= 15 is 0 Å². The normalized spacial score (nSPS) is 13.8. The Morgan fingerprint density at radius 3 is 3.06 bits per heavy atom. The van der Waals surface area contributed by atoms with Crippen LogP contribution in [0.3, 0.4) is 0 Å². The first-order valence-electron chi connectivity index (χ1n) is 5.24. The molecule has 1 heterocycles. The highest BCUT2D eigenvalue weighted by Crippen LogP contribution is 2.16. The van der Waals surface area contributed by atoms with Gasteiger partial charge in [-0.1, -0.05) is 6.07 Å². The first-order chi connectivity index (χ1) is 7.65. The quantitative estimate of drug-likeness (QED) is 0.578. The molecule has 0 radical (unpaired) electrons. The van der Waals surface area contributed by atoms with Crippen LogP contribution < -0.4 is 5.46 Å². The molecule has 16 heavy (non-hydrogen) atoms. The molecule has 0 spiro atoms. The highest BCUT2D eigenvalue weighted by molar-refractivity contribution is 6.62. The minimum atomic E-state index is -0.927. The summed E-state index contributed by atoms with van der Waals surface area (Å²) < 4.78 is 10.0. The van der Waals surface area contributed by atoms with Crippen molar-refractivity contribution in [1.82, 2.24) is 0 Å². The lowest BCUT2D eigenvalue weighted by Gasteiger charge is -2.09. The van der Waals surface area contributed by atoms with Crippen molar-refractivity contribution in [3.05, 3.63) is 28.8 Å². The number of rotatable bonds is 2. The molecular weight excluding hydrogens is 207 g/mol. The molecule has 1 aliphatic heterocycles. The van der Waals surface area contributed by atoms with Gasteiger partial charge in [0.2, 0.25) is 0 Å². The average molecular weight is 220 g/mol. The molecule has 1 N–H and O–H groups in total. The molecule has 4 nitrogen and oxygen atoms in total. The van der Waals surface area contributed by atoms with Gasteiger partial charge in [-0.2, -0.15) is 0 Å². The fourth-order valence-electron chi connectivity index (χ4n) is 1.94. The summed E-state index contributed by atoms with van der Waals surface area (Å²) in [7, 11) is -0.927. The minimum absolute atomic E-state index is 0.342. The number of carbonyl (C=O) groups excluding carboxylic acids is 1. The van der Waals surface area contributed by atoms with E-state index in [0.29, 0.717) is 24.2 Å². The Morgan fingerprint density at radius 2 is 2.38 bits per heavy atom. The van der Waals surface area contributed by atoms with Gasteiger partial charge in [0.05, 0.1) is 18.8 Å². The molecule has 0 saturated heterocycles. The summed E-state index contributed by atoms with van der Waals surface area (Å²) in [4.78, 5) is 11.6. The molecule has 1 aromatic rings. The van der Waals surface area contributed by atoms with Gasteiger partial charge in [0.25, 0.3) is 0 Å². The first kappa shape index (κ1) is 11.2.